The Balaban J connectivity index is 0.000000116. The molecule has 0 radical (unpaired) electrons. The van der Waals surface area contributed by atoms with Crippen LogP contribution >= 0.6 is 78.3 Å². The van der Waals surface area contributed by atoms with E-state index in [1.165, 1.54) is 116 Å². The third-order valence-electron chi connectivity index (χ3n) is 21.1. The van der Waals surface area contributed by atoms with Gasteiger partial charge in [0.25, 0.3) is 11.4 Å². The minimum Gasteiger partial charge on any atom is -0.423 e. The van der Waals surface area contributed by atoms with Crippen LogP contribution < -0.4 is 26.8 Å². The topological polar surface area (TPSA) is 177 Å². The van der Waals surface area contributed by atoms with Gasteiger partial charge in [-0.3, -0.25) is 20.2 Å². The van der Waals surface area contributed by atoms with Crippen molar-refractivity contribution in [3.63, 3.8) is 0 Å². The molecule has 600 valence electrons. The molecule has 0 unspecified atom stereocenters. The zero-order chi connectivity index (χ0) is 85.3. The van der Waals surface area contributed by atoms with Gasteiger partial charge in [0.1, 0.15) is 0 Å². The Morgan fingerprint density at radius 3 is 1.17 bits per heavy atom. The summed E-state index contributed by atoms with van der Waals surface area (Å²) < 4.78 is 8.01. The van der Waals surface area contributed by atoms with Gasteiger partial charge in [0, 0.05) is 64.0 Å². The van der Waals surface area contributed by atoms with Crippen LogP contribution in [0.4, 0.5) is 11.4 Å². The predicted octanol–water partition coefficient (Wildman–Crippen LogP) is 24.3. The SMILES string of the molecule is Brc1cccc2c1-c1ccccc1C2.O=[N+]([O-])c1ccccc1-c1ccccc1Br.O=[N+]([O-])c1ccccc1I.OB(O)c1ccc2c(c1)c1ccccc1n2-c1ccccc1.OB(O)c1ccccc1Br.c1ccc(-n2c3ccccc3c3cc(-c4cccc5c4-c4ccccc4C5)ccc32)cc1.c1ccc(P(c2ccccc2)c2ccccc2)cc1. The van der Waals surface area contributed by atoms with Crippen molar-refractivity contribution in [2.75, 3.05) is 0 Å². The van der Waals surface area contributed by atoms with Gasteiger partial charge in [0.05, 0.1) is 41.0 Å². The van der Waals surface area contributed by atoms with Crippen molar-refractivity contribution in [1.29, 1.82) is 0 Å². The summed E-state index contributed by atoms with van der Waals surface area (Å²) in [5, 5.41) is 66.3. The van der Waals surface area contributed by atoms with Crippen molar-refractivity contribution in [3.05, 3.63) is 478 Å². The molecule has 0 aliphatic heterocycles. The molecule has 12 nitrogen and oxygen atoms in total. The van der Waals surface area contributed by atoms with E-state index in [1.807, 2.05) is 95.4 Å². The third-order valence-corrected chi connectivity index (χ3v) is 26.6. The summed E-state index contributed by atoms with van der Waals surface area (Å²) >= 11 is 12.1. The molecule has 0 saturated heterocycles. The summed E-state index contributed by atoms with van der Waals surface area (Å²) in [6.45, 7) is 0. The molecule has 0 saturated carbocycles. The molecule has 0 atom stereocenters. The molecule has 0 fully saturated rings. The quantitative estimate of drug-likeness (QED) is 0.0325. The number of aromatic nitrogens is 2. The molecule has 0 spiro atoms. The van der Waals surface area contributed by atoms with Crippen LogP contribution in [0, 0.1) is 23.8 Å². The lowest BCUT2D eigenvalue weighted by Crippen LogP contribution is -2.30. The van der Waals surface area contributed by atoms with Gasteiger partial charge in [0.15, 0.2) is 0 Å². The Kier molecular flexibility index (Phi) is 28.3. The van der Waals surface area contributed by atoms with Gasteiger partial charge >= 0.3 is 14.2 Å². The summed E-state index contributed by atoms with van der Waals surface area (Å²) in [6, 6.07) is 141. The van der Waals surface area contributed by atoms with Crippen LogP contribution in [0.25, 0.3) is 99.5 Å². The lowest BCUT2D eigenvalue weighted by Gasteiger charge is -2.18. The van der Waals surface area contributed by atoms with Crippen LogP contribution in [0.3, 0.4) is 0 Å². The molecular formula is C104H77B2Br3IN4O8P. The maximum atomic E-state index is 10.9. The average molecular weight is 1930 g/mol. The predicted molar refractivity (Wildman–Crippen MR) is 529 cm³/mol. The summed E-state index contributed by atoms with van der Waals surface area (Å²) in [6.07, 6.45) is 2.10. The molecule has 2 aliphatic rings. The maximum Gasteiger partial charge on any atom is 0.489 e. The molecule has 2 aliphatic carbocycles. The van der Waals surface area contributed by atoms with E-state index in [0.717, 1.165) is 50.4 Å². The molecule has 2 heterocycles. The Hall–Kier alpha value is -12.3. The number of benzene rings is 17. The van der Waals surface area contributed by atoms with Crippen LogP contribution in [-0.4, -0.2) is 53.3 Å². The summed E-state index contributed by atoms with van der Waals surface area (Å²) in [7, 11) is -3.29. The van der Waals surface area contributed by atoms with E-state index < -0.39 is 22.2 Å². The Labute approximate surface area is 753 Å². The highest BCUT2D eigenvalue weighted by Gasteiger charge is 2.25. The number of rotatable bonds is 11. The van der Waals surface area contributed by atoms with Crippen LogP contribution in [-0.2, 0) is 12.8 Å². The number of halogens is 4. The number of nitro groups is 2. The van der Waals surface area contributed by atoms with E-state index >= 15 is 0 Å². The smallest absolute Gasteiger partial charge is 0.423 e. The minimum absolute atomic E-state index is 0.120. The maximum absolute atomic E-state index is 10.9. The van der Waals surface area contributed by atoms with Gasteiger partial charge < -0.3 is 29.2 Å². The third kappa shape index (κ3) is 19.8. The minimum atomic E-state index is -1.46. The molecule has 123 heavy (non-hydrogen) atoms. The molecule has 0 amide bonds. The monoisotopic (exact) mass is 1930 g/mol. The highest BCUT2D eigenvalue weighted by Crippen LogP contribution is 2.46. The van der Waals surface area contributed by atoms with E-state index in [2.05, 4.69) is 330 Å². The second-order valence-electron chi connectivity index (χ2n) is 28.7. The first-order valence-electron chi connectivity index (χ1n) is 39.6. The fourth-order valence-electron chi connectivity index (χ4n) is 15.6. The van der Waals surface area contributed by atoms with Crippen LogP contribution in [0.15, 0.2) is 432 Å². The number of nitrogens with zero attached hydrogens (tertiary/aromatic N) is 4. The van der Waals surface area contributed by atoms with E-state index in [9.17, 15) is 30.3 Å². The summed E-state index contributed by atoms with van der Waals surface area (Å²) in [4.78, 5) is 20.4. The molecule has 17 aromatic carbocycles. The zero-order valence-electron chi connectivity index (χ0n) is 66.1. The van der Waals surface area contributed by atoms with Gasteiger partial charge in [-0.05, 0) is 211 Å². The second-order valence-corrected chi connectivity index (χ2v) is 34.7. The van der Waals surface area contributed by atoms with Crippen molar-refractivity contribution in [3.8, 4) is 55.9 Å². The first-order chi connectivity index (χ1) is 60.1. The Morgan fingerprint density at radius 2 is 0.683 bits per heavy atom. The molecule has 21 rings (SSSR count). The normalized spacial score (nSPS) is 11.1. The van der Waals surface area contributed by atoms with Crippen molar-refractivity contribution >= 4 is 174 Å². The van der Waals surface area contributed by atoms with Crippen LogP contribution in [0.1, 0.15) is 22.3 Å². The molecule has 19 heteroatoms. The van der Waals surface area contributed by atoms with Crippen molar-refractivity contribution in [2.24, 2.45) is 0 Å². The summed E-state index contributed by atoms with van der Waals surface area (Å²) in [5.41, 5.74) is 23.5. The largest absolute Gasteiger partial charge is 0.489 e. The molecular weight excluding hydrogens is 1850 g/mol. The number of hydrogen-bond acceptors (Lipinski definition) is 8. The lowest BCUT2D eigenvalue weighted by molar-refractivity contribution is -0.385. The molecule has 19 aromatic rings. The van der Waals surface area contributed by atoms with E-state index in [1.54, 1.807) is 60.7 Å². The molecule has 0 bridgehead atoms. The summed E-state index contributed by atoms with van der Waals surface area (Å²) in [5.74, 6) is 0. The molecule has 2 aromatic heterocycles. The highest BCUT2D eigenvalue weighted by molar-refractivity contribution is 14.1. The van der Waals surface area contributed by atoms with E-state index in [-0.39, 0.29) is 21.2 Å². The lowest BCUT2D eigenvalue weighted by atomic mass is 9.80. The Morgan fingerprint density at radius 1 is 0.309 bits per heavy atom. The van der Waals surface area contributed by atoms with Crippen molar-refractivity contribution in [1.82, 2.24) is 9.13 Å². The van der Waals surface area contributed by atoms with Gasteiger partial charge in [-0.25, -0.2) is 0 Å². The van der Waals surface area contributed by atoms with Gasteiger partial charge in [-0.1, -0.05) is 369 Å². The highest BCUT2D eigenvalue weighted by atomic mass is 127. The standard InChI is InChI=1S/C31H21N.C18H14BNO2.C18H15P.C13H9Br.C12H8BrNO2.C6H6BBrO2.C6H4INO2/c1-2-11-24(12-3-1)32-29-16-7-6-14-27(29)28-20-22(17-18-30(28)32)26-15-8-10-23-19-21-9-4-5-13-25(21)31(23)26;21-19(22)13-10-11-18-16(12-13)15-8-4-5-9-17(15)20(18)14-6-2-1-3-7-14;1-4-10-16(11-5-1)19(17-12-6-2-7-13-17)18-14-8-3-9-15-18;14-12-7-3-5-10-8-9-4-1-2-6-11(9)13(10)12;13-11-7-3-1-5-9(11)10-6-2-4-8-12(10)14(15)16;8-6-4-2-1-3-5(6)7(9)10;7-5-3-1-2-4-6(5)8(9)10/h1-18,20H,19H2;1-12,21-22H;1-15H;1-7H,8H2;1-8H;1-4,9-10H;1-4H. The fourth-order valence-corrected chi connectivity index (χ4v) is 20.1. The van der Waals surface area contributed by atoms with E-state index in [4.69, 9.17) is 10.0 Å². The van der Waals surface area contributed by atoms with Gasteiger partial charge in [-0.2, -0.15) is 0 Å². The van der Waals surface area contributed by atoms with Crippen LogP contribution in [0.5, 0.6) is 0 Å². The first-order valence-corrected chi connectivity index (χ1v) is 44.4. The Bertz CT molecular complexity index is 6840. The number of hydrogen-bond donors (Lipinski definition) is 4. The number of nitro benzene ring substituents is 2. The fraction of sp³-hybridized carbons (Fsp3) is 0.0192. The van der Waals surface area contributed by atoms with Crippen molar-refractivity contribution in [2.45, 2.75) is 12.8 Å². The van der Waals surface area contributed by atoms with Gasteiger partial charge in [-0.15, -0.1) is 0 Å². The zero-order valence-corrected chi connectivity index (χ0v) is 73.9. The first kappa shape index (κ1) is 85.7. The molecule has 4 N–H and O–H groups in total. The van der Waals surface area contributed by atoms with Crippen molar-refractivity contribution < 1.29 is 29.9 Å². The average Bonchev–Trinajstić information content (AvgIpc) is 1.59. The number of para-hydroxylation sites is 6. The van der Waals surface area contributed by atoms with E-state index in [0.29, 0.717) is 24.5 Å². The van der Waals surface area contributed by atoms with Gasteiger partial charge in [0.2, 0.25) is 0 Å². The number of fused-ring (bicyclic) bond motifs is 12. The van der Waals surface area contributed by atoms with Crippen LogP contribution in [0.2, 0.25) is 0 Å². The second kappa shape index (κ2) is 40.6.